The van der Waals surface area contributed by atoms with Crippen LogP contribution in [0.3, 0.4) is 0 Å². The minimum atomic E-state index is -0.428. The Hall–Kier alpha value is -2.61. The van der Waals surface area contributed by atoms with Crippen LogP contribution < -0.4 is 5.43 Å². The van der Waals surface area contributed by atoms with E-state index in [9.17, 15) is 9.59 Å². The highest BCUT2D eigenvalue weighted by atomic mass is 32.2. The lowest BCUT2D eigenvalue weighted by atomic mass is 10.1. The summed E-state index contributed by atoms with van der Waals surface area (Å²) in [6.45, 7) is 6.34. The van der Waals surface area contributed by atoms with Crippen molar-refractivity contribution in [3.63, 3.8) is 0 Å². The fourth-order valence-corrected chi connectivity index (χ4v) is 3.71. The van der Waals surface area contributed by atoms with Crippen LogP contribution in [0.2, 0.25) is 0 Å². The Bertz CT molecular complexity index is 1060. The maximum atomic E-state index is 12.5. The Kier molecular flexibility index (Phi) is 6.18. The number of H-pyrrole nitrogens is 1. The van der Waals surface area contributed by atoms with Gasteiger partial charge in [-0.3, -0.25) is 4.79 Å². The van der Waals surface area contributed by atoms with E-state index in [1.165, 1.54) is 11.8 Å². The molecular weight excluding hydrogens is 376 g/mol. The number of hydrogen-bond acceptors (Lipinski definition) is 6. The standard InChI is InChI=1S/C20H24N4O3S/c1-5-27-19(26)13-6-7-16-15(9-13)17(25)10-14(21-16)11-28-20-23-22-18(24(20)4)8-12(2)3/h6-7,9-10,12H,5,8,11H2,1-4H3,(H,21,25). The number of carbonyl (C=O) groups is 1. The average molecular weight is 401 g/mol. The number of hydrogen-bond donors (Lipinski definition) is 1. The third kappa shape index (κ3) is 4.44. The van der Waals surface area contributed by atoms with Crippen molar-refractivity contribution in [2.75, 3.05) is 6.61 Å². The fourth-order valence-electron chi connectivity index (χ4n) is 2.88. The molecule has 0 fully saturated rings. The topological polar surface area (TPSA) is 89.9 Å². The van der Waals surface area contributed by atoms with Gasteiger partial charge in [-0.15, -0.1) is 10.2 Å². The van der Waals surface area contributed by atoms with Crippen LogP contribution in [-0.2, 0) is 24.0 Å². The van der Waals surface area contributed by atoms with Gasteiger partial charge in [0.05, 0.1) is 12.2 Å². The first-order valence-electron chi connectivity index (χ1n) is 9.23. The zero-order chi connectivity index (χ0) is 20.3. The lowest BCUT2D eigenvalue weighted by Gasteiger charge is -2.07. The molecule has 0 unspecified atom stereocenters. The van der Waals surface area contributed by atoms with E-state index in [0.29, 0.717) is 34.7 Å². The number of aromatic nitrogens is 4. The number of ether oxygens (including phenoxy) is 1. The second-order valence-electron chi connectivity index (χ2n) is 6.98. The van der Waals surface area contributed by atoms with Gasteiger partial charge in [0.2, 0.25) is 0 Å². The zero-order valence-electron chi connectivity index (χ0n) is 16.5. The van der Waals surface area contributed by atoms with Crippen molar-refractivity contribution >= 4 is 28.6 Å². The van der Waals surface area contributed by atoms with Crippen LogP contribution in [0, 0.1) is 5.92 Å². The highest BCUT2D eigenvalue weighted by Crippen LogP contribution is 2.22. The molecular formula is C20H24N4O3S. The monoisotopic (exact) mass is 400 g/mol. The highest BCUT2D eigenvalue weighted by molar-refractivity contribution is 7.98. The van der Waals surface area contributed by atoms with E-state index in [1.807, 2.05) is 11.6 Å². The van der Waals surface area contributed by atoms with Crippen LogP contribution in [-0.4, -0.2) is 32.3 Å². The molecule has 3 rings (SSSR count). The summed E-state index contributed by atoms with van der Waals surface area (Å²) >= 11 is 1.53. The third-order valence-corrected chi connectivity index (χ3v) is 5.34. The van der Waals surface area contributed by atoms with Crippen LogP contribution in [0.4, 0.5) is 0 Å². The fraction of sp³-hybridized carbons (Fsp3) is 0.400. The molecule has 0 amide bonds. The van der Waals surface area contributed by atoms with Gasteiger partial charge in [-0.2, -0.15) is 0 Å². The maximum absolute atomic E-state index is 12.5. The molecule has 0 aliphatic carbocycles. The summed E-state index contributed by atoms with van der Waals surface area (Å²) in [4.78, 5) is 27.7. The molecule has 8 heteroatoms. The molecule has 0 aliphatic heterocycles. The molecule has 2 heterocycles. The van der Waals surface area contributed by atoms with Crippen molar-refractivity contribution in [3.8, 4) is 0 Å². The molecule has 0 atom stereocenters. The molecule has 28 heavy (non-hydrogen) atoms. The second-order valence-corrected chi connectivity index (χ2v) is 7.93. The minimum Gasteiger partial charge on any atom is -0.462 e. The number of pyridine rings is 1. The van der Waals surface area contributed by atoms with Crippen LogP contribution in [0.1, 0.15) is 42.6 Å². The van der Waals surface area contributed by atoms with Crippen molar-refractivity contribution in [1.29, 1.82) is 0 Å². The van der Waals surface area contributed by atoms with Gasteiger partial charge in [0, 0.05) is 41.9 Å². The van der Waals surface area contributed by atoms with E-state index in [1.54, 1.807) is 31.2 Å². The molecule has 0 bridgehead atoms. The lowest BCUT2D eigenvalue weighted by Crippen LogP contribution is -2.09. The average Bonchev–Trinajstić information content (AvgIpc) is 2.99. The molecule has 0 spiro atoms. The summed E-state index contributed by atoms with van der Waals surface area (Å²) in [7, 11) is 1.96. The second kappa shape index (κ2) is 8.60. The van der Waals surface area contributed by atoms with Crippen molar-refractivity contribution in [2.45, 2.75) is 38.1 Å². The van der Waals surface area contributed by atoms with Crippen molar-refractivity contribution in [3.05, 3.63) is 51.6 Å². The highest BCUT2D eigenvalue weighted by Gasteiger charge is 2.13. The Labute approximate surface area is 167 Å². The van der Waals surface area contributed by atoms with Gasteiger partial charge in [-0.1, -0.05) is 25.6 Å². The zero-order valence-corrected chi connectivity index (χ0v) is 17.3. The Morgan fingerprint density at radius 1 is 1.29 bits per heavy atom. The summed E-state index contributed by atoms with van der Waals surface area (Å²) in [6, 6.07) is 6.54. The Balaban J connectivity index is 1.79. The number of benzene rings is 1. The number of nitrogens with zero attached hydrogens (tertiary/aromatic N) is 3. The number of aromatic amines is 1. The summed E-state index contributed by atoms with van der Waals surface area (Å²) in [5, 5.41) is 9.79. The largest absolute Gasteiger partial charge is 0.462 e. The van der Waals surface area contributed by atoms with Crippen molar-refractivity contribution in [2.24, 2.45) is 13.0 Å². The van der Waals surface area contributed by atoms with Gasteiger partial charge in [0.15, 0.2) is 10.6 Å². The van der Waals surface area contributed by atoms with E-state index in [4.69, 9.17) is 4.74 Å². The molecule has 0 saturated carbocycles. The normalized spacial score (nSPS) is 11.3. The first-order valence-corrected chi connectivity index (χ1v) is 10.2. The number of carbonyl (C=O) groups excluding carboxylic acids is 1. The van der Waals surface area contributed by atoms with E-state index in [-0.39, 0.29) is 5.43 Å². The van der Waals surface area contributed by atoms with Crippen molar-refractivity contribution < 1.29 is 9.53 Å². The Morgan fingerprint density at radius 2 is 2.07 bits per heavy atom. The van der Waals surface area contributed by atoms with Crippen LogP contribution in [0.15, 0.2) is 34.2 Å². The summed E-state index contributed by atoms with van der Waals surface area (Å²) < 4.78 is 6.99. The lowest BCUT2D eigenvalue weighted by molar-refractivity contribution is 0.0526. The molecule has 3 aromatic rings. The van der Waals surface area contributed by atoms with Gasteiger partial charge in [0.25, 0.3) is 0 Å². The molecule has 0 radical (unpaired) electrons. The molecule has 148 valence electrons. The van der Waals surface area contributed by atoms with E-state index in [2.05, 4.69) is 29.0 Å². The predicted octanol–water partition coefficient (Wildman–Crippen LogP) is 3.32. The van der Waals surface area contributed by atoms with Gasteiger partial charge in [-0.05, 0) is 31.0 Å². The van der Waals surface area contributed by atoms with E-state index >= 15 is 0 Å². The van der Waals surface area contributed by atoms with Gasteiger partial charge >= 0.3 is 5.97 Å². The summed E-state index contributed by atoms with van der Waals surface area (Å²) in [6.07, 6.45) is 0.875. The quantitative estimate of drug-likeness (QED) is 0.483. The van der Waals surface area contributed by atoms with E-state index < -0.39 is 5.97 Å². The molecule has 1 N–H and O–H groups in total. The molecule has 1 aromatic carbocycles. The summed E-state index contributed by atoms with van der Waals surface area (Å²) in [5.74, 6) is 1.61. The SMILES string of the molecule is CCOC(=O)c1ccc2[nH]c(CSc3nnc(CC(C)C)n3C)cc(=O)c2c1. The molecule has 2 aromatic heterocycles. The first-order chi connectivity index (χ1) is 13.4. The number of nitrogens with one attached hydrogen (secondary N) is 1. The Morgan fingerprint density at radius 3 is 2.79 bits per heavy atom. The van der Waals surface area contributed by atoms with E-state index in [0.717, 1.165) is 23.1 Å². The van der Waals surface area contributed by atoms with Crippen LogP contribution in [0.5, 0.6) is 0 Å². The van der Waals surface area contributed by atoms with Crippen LogP contribution in [0.25, 0.3) is 10.9 Å². The van der Waals surface area contributed by atoms with Crippen LogP contribution >= 0.6 is 11.8 Å². The third-order valence-electron chi connectivity index (χ3n) is 4.27. The minimum absolute atomic E-state index is 0.131. The predicted molar refractivity (Wildman–Crippen MR) is 110 cm³/mol. The number of esters is 1. The maximum Gasteiger partial charge on any atom is 0.338 e. The van der Waals surface area contributed by atoms with Crippen molar-refractivity contribution in [1.82, 2.24) is 19.7 Å². The number of rotatable bonds is 7. The molecule has 0 aliphatic rings. The molecule has 7 nitrogen and oxygen atoms in total. The summed E-state index contributed by atoms with van der Waals surface area (Å²) in [5.41, 5.74) is 1.72. The van der Waals surface area contributed by atoms with Gasteiger partial charge in [0.1, 0.15) is 5.82 Å². The first kappa shape index (κ1) is 20.1. The molecule has 0 saturated heterocycles. The van der Waals surface area contributed by atoms with Gasteiger partial charge < -0.3 is 14.3 Å². The number of thioether (sulfide) groups is 1. The van der Waals surface area contributed by atoms with Gasteiger partial charge in [-0.25, -0.2) is 4.79 Å². The smallest absolute Gasteiger partial charge is 0.338 e. The number of fused-ring (bicyclic) bond motifs is 1.